The van der Waals surface area contributed by atoms with Crippen molar-refractivity contribution in [1.29, 1.82) is 0 Å². The van der Waals surface area contributed by atoms with E-state index in [4.69, 9.17) is 5.73 Å². The smallest absolute Gasteiger partial charge is 0.275 e. The molecule has 48 valence electrons. The van der Waals surface area contributed by atoms with Crippen LogP contribution in [-0.4, -0.2) is 11.9 Å². The number of hydrogen-bond donors (Lipinski definition) is 2. The molecular formula is C5H13N2O+. The van der Waals surface area contributed by atoms with E-state index in [1.54, 1.807) is 0 Å². The lowest BCUT2D eigenvalue weighted by Gasteiger charge is -2.05. The van der Waals surface area contributed by atoms with Gasteiger partial charge in [-0.2, -0.15) is 0 Å². The van der Waals surface area contributed by atoms with Gasteiger partial charge in [0.05, 0.1) is 0 Å². The van der Waals surface area contributed by atoms with Crippen molar-refractivity contribution in [3.8, 4) is 0 Å². The van der Waals surface area contributed by atoms with E-state index in [9.17, 15) is 4.79 Å². The van der Waals surface area contributed by atoms with Crippen molar-refractivity contribution in [2.75, 3.05) is 0 Å². The van der Waals surface area contributed by atoms with Crippen LogP contribution >= 0.6 is 0 Å². The van der Waals surface area contributed by atoms with Crippen LogP contribution in [0.5, 0.6) is 0 Å². The first-order chi connectivity index (χ1) is 3.55. The lowest BCUT2D eigenvalue weighted by molar-refractivity contribution is -0.413. The van der Waals surface area contributed by atoms with Gasteiger partial charge >= 0.3 is 0 Å². The average Bonchev–Trinajstić information content (AvgIpc) is 1.64. The number of hydrogen-bond acceptors (Lipinski definition) is 1. The SMILES string of the molecule is CC(C)[C@H]([NH3+])C(N)=O. The summed E-state index contributed by atoms with van der Waals surface area (Å²) in [5.41, 5.74) is 8.50. The van der Waals surface area contributed by atoms with Gasteiger partial charge in [0.15, 0.2) is 6.04 Å². The molecule has 0 saturated heterocycles. The Hall–Kier alpha value is -0.570. The van der Waals surface area contributed by atoms with Gasteiger partial charge in [-0.05, 0) is 0 Å². The van der Waals surface area contributed by atoms with Crippen LogP contribution in [0.3, 0.4) is 0 Å². The maximum absolute atomic E-state index is 10.3. The molecule has 8 heavy (non-hydrogen) atoms. The highest BCUT2D eigenvalue weighted by molar-refractivity contribution is 5.78. The molecule has 0 heterocycles. The highest BCUT2D eigenvalue weighted by atomic mass is 16.1. The Morgan fingerprint density at radius 3 is 2.00 bits per heavy atom. The zero-order chi connectivity index (χ0) is 6.73. The van der Waals surface area contributed by atoms with E-state index in [1.165, 1.54) is 0 Å². The van der Waals surface area contributed by atoms with Gasteiger partial charge in [0.1, 0.15) is 0 Å². The number of quaternary nitrogens is 1. The molecule has 1 amide bonds. The second-order valence-electron chi connectivity index (χ2n) is 2.25. The van der Waals surface area contributed by atoms with E-state index >= 15 is 0 Å². The Bertz CT molecular complexity index is 90.4. The lowest BCUT2D eigenvalue weighted by Crippen LogP contribution is -2.69. The molecule has 0 aliphatic carbocycles. The van der Waals surface area contributed by atoms with Gasteiger partial charge in [-0.1, -0.05) is 13.8 Å². The van der Waals surface area contributed by atoms with E-state index in [1.807, 2.05) is 13.8 Å². The highest BCUT2D eigenvalue weighted by Gasteiger charge is 2.16. The maximum Gasteiger partial charge on any atom is 0.275 e. The summed E-state index contributed by atoms with van der Waals surface area (Å²) in [5, 5.41) is 0. The fourth-order valence-corrected chi connectivity index (χ4v) is 0.329. The highest BCUT2D eigenvalue weighted by Crippen LogP contribution is 1.93. The summed E-state index contributed by atoms with van der Waals surface area (Å²) in [5.74, 6) is -0.0625. The Kier molecular flexibility index (Phi) is 2.48. The molecule has 0 spiro atoms. The zero-order valence-corrected chi connectivity index (χ0v) is 5.35. The summed E-state index contributed by atoms with van der Waals surface area (Å²) < 4.78 is 0. The molecule has 0 bridgehead atoms. The molecule has 5 N–H and O–H groups in total. The summed E-state index contributed by atoms with van der Waals surface area (Å²) >= 11 is 0. The molecular weight excluding hydrogens is 104 g/mol. The van der Waals surface area contributed by atoms with Crippen molar-refractivity contribution in [2.24, 2.45) is 11.7 Å². The second kappa shape index (κ2) is 2.67. The molecule has 0 aliphatic heterocycles. The summed E-state index contributed by atoms with van der Waals surface area (Å²) in [6.07, 6.45) is 0. The Morgan fingerprint density at radius 2 is 2.00 bits per heavy atom. The quantitative estimate of drug-likeness (QED) is 0.465. The lowest BCUT2D eigenvalue weighted by atomic mass is 10.1. The van der Waals surface area contributed by atoms with Crippen molar-refractivity contribution in [2.45, 2.75) is 19.9 Å². The first-order valence-electron chi connectivity index (χ1n) is 2.68. The van der Waals surface area contributed by atoms with Crippen molar-refractivity contribution in [3.05, 3.63) is 0 Å². The number of nitrogens with two attached hydrogens (primary N) is 1. The van der Waals surface area contributed by atoms with Crippen LogP contribution in [0.25, 0.3) is 0 Å². The topological polar surface area (TPSA) is 70.7 Å². The molecule has 0 rings (SSSR count). The first kappa shape index (κ1) is 7.43. The standard InChI is InChI=1S/C5H12N2O/c1-3(2)4(6)5(7)8/h3-4H,6H2,1-2H3,(H2,7,8)/p+1/t4-/m0/s1. The van der Waals surface area contributed by atoms with E-state index < -0.39 is 0 Å². The molecule has 0 unspecified atom stereocenters. The largest absolute Gasteiger partial charge is 0.365 e. The number of carbonyl (C=O) groups is 1. The minimum Gasteiger partial charge on any atom is -0.365 e. The number of rotatable bonds is 2. The van der Waals surface area contributed by atoms with Crippen LogP contribution in [0.4, 0.5) is 0 Å². The van der Waals surface area contributed by atoms with Crippen molar-refractivity contribution in [1.82, 2.24) is 0 Å². The molecule has 0 aliphatic rings. The molecule has 0 saturated carbocycles. The van der Waals surface area contributed by atoms with Gasteiger partial charge in [0.2, 0.25) is 0 Å². The third kappa shape index (κ3) is 1.93. The molecule has 3 heteroatoms. The van der Waals surface area contributed by atoms with Gasteiger partial charge in [-0.3, -0.25) is 4.79 Å². The average molecular weight is 117 g/mol. The zero-order valence-electron chi connectivity index (χ0n) is 5.35. The van der Waals surface area contributed by atoms with Gasteiger partial charge in [-0.25, -0.2) is 0 Å². The van der Waals surface area contributed by atoms with Crippen LogP contribution in [-0.2, 0) is 4.79 Å². The summed E-state index contributed by atoms with van der Waals surface area (Å²) in [6.45, 7) is 3.84. The van der Waals surface area contributed by atoms with E-state index in [0.717, 1.165) is 0 Å². The molecule has 1 atom stereocenters. The van der Waals surface area contributed by atoms with Gasteiger partial charge in [0, 0.05) is 5.92 Å². The van der Waals surface area contributed by atoms with E-state index in [2.05, 4.69) is 5.73 Å². The van der Waals surface area contributed by atoms with Gasteiger partial charge in [-0.15, -0.1) is 0 Å². The number of primary amides is 1. The van der Waals surface area contributed by atoms with Crippen molar-refractivity contribution < 1.29 is 10.5 Å². The molecule has 3 nitrogen and oxygen atoms in total. The molecule has 0 radical (unpaired) electrons. The maximum atomic E-state index is 10.3. The summed E-state index contributed by atoms with van der Waals surface area (Å²) in [7, 11) is 0. The Morgan fingerprint density at radius 1 is 1.62 bits per heavy atom. The predicted octanol–water partition coefficient (Wildman–Crippen LogP) is -1.26. The Balaban J connectivity index is 3.64. The fourth-order valence-electron chi connectivity index (χ4n) is 0.329. The van der Waals surface area contributed by atoms with E-state index in [-0.39, 0.29) is 17.9 Å². The van der Waals surface area contributed by atoms with Crippen molar-refractivity contribution in [3.63, 3.8) is 0 Å². The van der Waals surface area contributed by atoms with Crippen LogP contribution < -0.4 is 11.5 Å². The molecule has 0 aromatic rings. The normalized spacial score (nSPS) is 14.0. The predicted molar refractivity (Wildman–Crippen MR) is 30.7 cm³/mol. The van der Waals surface area contributed by atoms with Crippen LogP contribution in [0, 0.1) is 5.92 Å². The second-order valence-corrected chi connectivity index (χ2v) is 2.25. The number of amides is 1. The third-order valence-electron chi connectivity index (χ3n) is 1.17. The van der Waals surface area contributed by atoms with Gasteiger partial charge in [0.25, 0.3) is 5.91 Å². The fraction of sp³-hybridized carbons (Fsp3) is 0.800. The van der Waals surface area contributed by atoms with Crippen molar-refractivity contribution >= 4 is 5.91 Å². The van der Waals surface area contributed by atoms with Crippen LogP contribution in [0.15, 0.2) is 0 Å². The minimum atomic E-state index is -0.319. The first-order valence-corrected chi connectivity index (χ1v) is 2.68. The van der Waals surface area contributed by atoms with Crippen LogP contribution in [0.1, 0.15) is 13.8 Å². The number of carbonyl (C=O) groups excluding carboxylic acids is 1. The minimum absolute atomic E-state index is 0.241. The Labute approximate surface area is 49.0 Å². The molecule has 0 aromatic carbocycles. The van der Waals surface area contributed by atoms with Crippen LogP contribution in [0.2, 0.25) is 0 Å². The monoisotopic (exact) mass is 117 g/mol. The summed E-state index contributed by atoms with van der Waals surface area (Å²) in [4.78, 5) is 10.3. The van der Waals surface area contributed by atoms with E-state index in [0.29, 0.717) is 0 Å². The van der Waals surface area contributed by atoms with Gasteiger partial charge < -0.3 is 11.5 Å². The molecule has 0 fully saturated rings. The molecule has 0 aromatic heterocycles. The summed E-state index contributed by atoms with van der Waals surface area (Å²) in [6, 6.07) is -0.241. The third-order valence-corrected chi connectivity index (χ3v) is 1.17.